The lowest BCUT2D eigenvalue weighted by atomic mass is 9.97. The molecule has 0 aliphatic carbocycles. The van der Waals surface area contributed by atoms with Crippen molar-refractivity contribution in [1.82, 2.24) is 10.3 Å². The molecule has 2 aliphatic heterocycles. The van der Waals surface area contributed by atoms with E-state index in [-0.39, 0.29) is 5.60 Å². The first-order valence-corrected chi connectivity index (χ1v) is 4.71. The summed E-state index contributed by atoms with van der Waals surface area (Å²) in [5, 5.41) is 3.34. The van der Waals surface area contributed by atoms with Gasteiger partial charge in [-0.3, -0.25) is 4.98 Å². The minimum Gasteiger partial charge on any atom is -0.484 e. The second-order valence-corrected chi connectivity index (χ2v) is 3.87. The van der Waals surface area contributed by atoms with Gasteiger partial charge in [-0.15, -0.1) is 0 Å². The van der Waals surface area contributed by atoms with E-state index in [9.17, 15) is 0 Å². The van der Waals surface area contributed by atoms with E-state index in [0.717, 1.165) is 31.7 Å². The van der Waals surface area contributed by atoms with Crippen LogP contribution in [0.3, 0.4) is 0 Å². The molecule has 1 aromatic rings. The molecule has 0 aromatic carbocycles. The largest absolute Gasteiger partial charge is 0.484 e. The highest BCUT2D eigenvalue weighted by atomic mass is 16.5. The van der Waals surface area contributed by atoms with Crippen molar-refractivity contribution in [3.8, 4) is 5.75 Å². The molecule has 1 fully saturated rings. The smallest absolute Gasteiger partial charge is 0.141 e. The molecule has 2 aliphatic rings. The lowest BCUT2D eigenvalue weighted by molar-refractivity contribution is 0.117. The molecule has 1 N–H and O–H groups in total. The van der Waals surface area contributed by atoms with Crippen molar-refractivity contribution >= 4 is 0 Å². The molecule has 0 saturated carbocycles. The van der Waals surface area contributed by atoms with Crippen molar-refractivity contribution in [2.24, 2.45) is 0 Å². The Bertz CT molecular complexity index is 304. The monoisotopic (exact) mass is 176 g/mol. The summed E-state index contributed by atoms with van der Waals surface area (Å²) < 4.78 is 5.93. The van der Waals surface area contributed by atoms with Crippen molar-refractivity contribution in [2.45, 2.75) is 18.4 Å². The van der Waals surface area contributed by atoms with Gasteiger partial charge < -0.3 is 10.1 Å². The van der Waals surface area contributed by atoms with Crippen LogP contribution in [0.5, 0.6) is 5.75 Å². The molecule has 0 bridgehead atoms. The summed E-state index contributed by atoms with van der Waals surface area (Å²) in [5.74, 6) is 0.978. The molecular formula is C10H12N2O. The van der Waals surface area contributed by atoms with Crippen molar-refractivity contribution in [2.75, 3.05) is 13.1 Å². The summed E-state index contributed by atoms with van der Waals surface area (Å²) in [6, 6.07) is 2.06. The van der Waals surface area contributed by atoms with Crippen LogP contribution in [0.15, 0.2) is 18.5 Å². The molecule has 13 heavy (non-hydrogen) atoms. The third-order valence-electron chi connectivity index (χ3n) is 2.91. The topological polar surface area (TPSA) is 34.1 Å². The van der Waals surface area contributed by atoms with Gasteiger partial charge in [0.15, 0.2) is 0 Å². The van der Waals surface area contributed by atoms with Crippen LogP contribution in [0.1, 0.15) is 12.0 Å². The maximum atomic E-state index is 5.93. The molecule has 3 heterocycles. The van der Waals surface area contributed by atoms with Crippen LogP contribution in [-0.4, -0.2) is 23.7 Å². The number of ether oxygens (including phenoxy) is 1. The molecule has 0 radical (unpaired) electrons. The average molecular weight is 176 g/mol. The third-order valence-corrected chi connectivity index (χ3v) is 2.91. The van der Waals surface area contributed by atoms with Crippen LogP contribution in [-0.2, 0) is 6.42 Å². The number of aromatic nitrogens is 1. The van der Waals surface area contributed by atoms with Crippen molar-refractivity contribution < 1.29 is 4.74 Å². The number of hydrogen-bond acceptors (Lipinski definition) is 3. The normalized spacial score (nSPS) is 30.5. The zero-order chi connectivity index (χ0) is 8.73. The van der Waals surface area contributed by atoms with Gasteiger partial charge in [-0.25, -0.2) is 0 Å². The first kappa shape index (κ1) is 7.33. The second-order valence-electron chi connectivity index (χ2n) is 3.87. The van der Waals surface area contributed by atoms with E-state index in [0.29, 0.717) is 0 Å². The zero-order valence-electron chi connectivity index (χ0n) is 7.42. The molecule has 1 spiro atoms. The summed E-state index contributed by atoms with van der Waals surface area (Å²) in [4.78, 5) is 4.07. The number of pyridine rings is 1. The van der Waals surface area contributed by atoms with Crippen LogP contribution < -0.4 is 10.1 Å². The number of hydrogen-bond donors (Lipinski definition) is 1. The Hall–Kier alpha value is -1.09. The van der Waals surface area contributed by atoms with E-state index in [1.165, 1.54) is 5.56 Å². The molecule has 68 valence electrons. The SMILES string of the molecule is c1cc2c(cn1)O[C@]1(CCNC1)C2. The van der Waals surface area contributed by atoms with E-state index >= 15 is 0 Å². The van der Waals surface area contributed by atoms with Gasteiger partial charge in [-0.2, -0.15) is 0 Å². The van der Waals surface area contributed by atoms with Gasteiger partial charge in [0.05, 0.1) is 6.20 Å². The van der Waals surface area contributed by atoms with Gasteiger partial charge in [0.2, 0.25) is 0 Å². The predicted molar refractivity (Wildman–Crippen MR) is 48.8 cm³/mol. The van der Waals surface area contributed by atoms with Gasteiger partial charge in [0, 0.05) is 31.1 Å². The van der Waals surface area contributed by atoms with E-state index in [1.54, 1.807) is 0 Å². The molecule has 0 amide bonds. The summed E-state index contributed by atoms with van der Waals surface area (Å²) in [6.07, 6.45) is 5.81. The lowest BCUT2D eigenvalue weighted by Gasteiger charge is -2.21. The Kier molecular flexibility index (Phi) is 1.38. The van der Waals surface area contributed by atoms with E-state index in [1.807, 2.05) is 12.4 Å². The molecule has 1 atom stereocenters. The average Bonchev–Trinajstić information content (AvgIpc) is 2.72. The van der Waals surface area contributed by atoms with E-state index in [2.05, 4.69) is 16.4 Å². The second kappa shape index (κ2) is 2.45. The van der Waals surface area contributed by atoms with Crippen LogP contribution in [0.25, 0.3) is 0 Å². The third kappa shape index (κ3) is 1.04. The minimum atomic E-state index is 0.0470. The summed E-state index contributed by atoms with van der Waals surface area (Å²) in [7, 11) is 0. The molecule has 1 aromatic heterocycles. The fraction of sp³-hybridized carbons (Fsp3) is 0.500. The minimum absolute atomic E-state index is 0.0470. The van der Waals surface area contributed by atoms with E-state index in [4.69, 9.17) is 4.74 Å². The van der Waals surface area contributed by atoms with Crippen LogP contribution in [0.4, 0.5) is 0 Å². The summed E-state index contributed by atoms with van der Waals surface area (Å²) >= 11 is 0. The van der Waals surface area contributed by atoms with Crippen LogP contribution >= 0.6 is 0 Å². The maximum absolute atomic E-state index is 5.93. The first-order valence-electron chi connectivity index (χ1n) is 4.71. The standard InChI is InChI=1S/C10H12N2O/c1-3-11-6-9-8(1)5-10(13-9)2-4-12-7-10/h1,3,6,12H,2,4-5,7H2/t10-/m1/s1. The van der Waals surface area contributed by atoms with Gasteiger partial charge in [-0.1, -0.05) is 0 Å². The Balaban J connectivity index is 1.96. The molecule has 3 rings (SSSR count). The Morgan fingerprint density at radius 1 is 1.54 bits per heavy atom. The zero-order valence-corrected chi connectivity index (χ0v) is 7.42. The van der Waals surface area contributed by atoms with E-state index < -0.39 is 0 Å². The van der Waals surface area contributed by atoms with Gasteiger partial charge in [-0.05, 0) is 12.6 Å². The quantitative estimate of drug-likeness (QED) is 0.633. The van der Waals surface area contributed by atoms with Gasteiger partial charge in [0.25, 0.3) is 0 Å². The highest BCUT2D eigenvalue weighted by Gasteiger charge is 2.41. The molecular weight excluding hydrogens is 164 g/mol. The molecule has 3 heteroatoms. The highest BCUT2D eigenvalue weighted by Crippen LogP contribution is 2.37. The van der Waals surface area contributed by atoms with Gasteiger partial charge in [0.1, 0.15) is 11.4 Å². The molecule has 1 saturated heterocycles. The highest BCUT2D eigenvalue weighted by molar-refractivity contribution is 5.37. The number of nitrogens with zero attached hydrogens (tertiary/aromatic N) is 1. The fourth-order valence-electron chi connectivity index (χ4n) is 2.22. The molecule has 0 unspecified atom stereocenters. The number of nitrogens with one attached hydrogen (secondary N) is 1. The lowest BCUT2D eigenvalue weighted by Crippen LogP contribution is -2.36. The van der Waals surface area contributed by atoms with Crippen molar-refractivity contribution in [3.63, 3.8) is 0 Å². The summed E-state index contributed by atoms with van der Waals surface area (Å²) in [6.45, 7) is 2.04. The van der Waals surface area contributed by atoms with Gasteiger partial charge >= 0.3 is 0 Å². The Morgan fingerprint density at radius 3 is 3.31 bits per heavy atom. The van der Waals surface area contributed by atoms with Crippen molar-refractivity contribution in [3.05, 3.63) is 24.0 Å². The first-order chi connectivity index (χ1) is 6.38. The predicted octanol–water partition coefficient (Wildman–Crippen LogP) is 0.749. The Morgan fingerprint density at radius 2 is 2.54 bits per heavy atom. The van der Waals surface area contributed by atoms with Crippen LogP contribution in [0, 0.1) is 0 Å². The van der Waals surface area contributed by atoms with Crippen molar-refractivity contribution in [1.29, 1.82) is 0 Å². The summed E-state index contributed by atoms with van der Waals surface area (Å²) in [5.41, 5.74) is 1.35. The number of rotatable bonds is 0. The Labute approximate surface area is 77.1 Å². The van der Waals surface area contributed by atoms with Crippen LogP contribution in [0.2, 0.25) is 0 Å². The maximum Gasteiger partial charge on any atom is 0.141 e. The number of fused-ring (bicyclic) bond motifs is 1. The fourth-order valence-corrected chi connectivity index (χ4v) is 2.22. The molecule has 3 nitrogen and oxygen atoms in total.